The summed E-state index contributed by atoms with van der Waals surface area (Å²) in [6.45, 7) is 5.44. The van der Waals surface area contributed by atoms with E-state index in [0.29, 0.717) is 10.7 Å². The number of anilines is 1. The zero-order valence-corrected chi connectivity index (χ0v) is 12.4. The zero-order valence-electron chi connectivity index (χ0n) is 10.8. The highest BCUT2D eigenvalue weighted by atomic mass is 35.5. The van der Waals surface area contributed by atoms with E-state index in [4.69, 9.17) is 16.3 Å². The van der Waals surface area contributed by atoms with E-state index in [9.17, 15) is 4.79 Å². The van der Waals surface area contributed by atoms with Crippen molar-refractivity contribution in [3.63, 3.8) is 0 Å². The maximum atomic E-state index is 11.6. The first-order valence-corrected chi connectivity index (χ1v) is 6.72. The Balaban J connectivity index is 2.69. The number of halogens is 1. The van der Waals surface area contributed by atoms with E-state index in [1.807, 2.05) is 26.8 Å². The molecule has 3 nitrogen and oxygen atoms in total. The van der Waals surface area contributed by atoms with Crippen LogP contribution in [-0.2, 0) is 11.2 Å². The number of amides is 1. The van der Waals surface area contributed by atoms with Crippen LogP contribution in [0.2, 0.25) is 5.02 Å². The third-order valence-corrected chi connectivity index (χ3v) is 2.65. The lowest BCUT2D eigenvalue weighted by Crippen LogP contribution is -2.27. The van der Waals surface area contributed by atoms with Crippen LogP contribution >= 0.6 is 24.2 Å². The van der Waals surface area contributed by atoms with Crippen molar-refractivity contribution < 1.29 is 9.53 Å². The fourth-order valence-electron chi connectivity index (χ4n) is 1.37. The van der Waals surface area contributed by atoms with Gasteiger partial charge in [-0.05, 0) is 50.6 Å². The molecule has 0 aliphatic rings. The maximum absolute atomic E-state index is 11.6. The van der Waals surface area contributed by atoms with E-state index in [0.717, 1.165) is 17.7 Å². The van der Waals surface area contributed by atoms with Crippen LogP contribution in [0.25, 0.3) is 0 Å². The Kier molecular flexibility index (Phi) is 5.35. The molecule has 1 rings (SSSR count). The number of carbonyl (C=O) groups is 1. The van der Waals surface area contributed by atoms with Crippen molar-refractivity contribution in [2.45, 2.75) is 32.8 Å². The van der Waals surface area contributed by atoms with Crippen molar-refractivity contribution in [1.29, 1.82) is 0 Å². The molecule has 0 saturated heterocycles. The first-order valence-electron chi connectivity index (χ1n) is 5.71. The normalized spacial score (nSPS) is 11.2. The van der Waals surface area contributed by atoms with Crippen LogP contribution in [0.1, 0.15) is 26.3 Å². The number of rotatable bonds is 3. The minimum absolute atomic E-state index is 0.486. The summed E-state index contributed by atoms with van der Waals surface area (Å²) in [4.78, 5) is 11.6. The highest BCUT2D eigenvalue weighted by Gasteiger charge is 2.16. The third kappa shape index (κ3) is 5.19. The molecule has 0 atom stereocenters. The Hall–Kier alpha value is -0.870. The molecule has 0 bridgehead atoms. The van der Waals surface area contributed by atoms with Gasteiger partial charge in [0.05, 0.1) is 0 Å². The smallest absolute Gasteiger partial charge is 0.412 e. The van der Waals surface area contributed by atoms with Gasteiger partial charge in [0, 0.05) is 10.7 Å². The first-order chi connectivity index (χ1) is 8.31. The summed E-state index contributed by atoms with van der Waals surface area (Å²) in [7, 11) is 0. The van der Waals surface area contributed by atoms with E-state index in [2.05, 4.69) is 17.9 Å². The van der Waals surface area contributed by atoms with Crippen molar-refractivity contribution in [2.75, 3.05) is 11.1 Å². The molecule has 1 aromatic rings. The van der Waals surface area contributed by atoms with Gasteiger partial charge in [0.2, 0.25) is 0 Å². The molecule has 0 heterocycles. The molecule has 0 unspecified atom stereocenters. The molecular weight excluding hydrogens is 270 g/mol. The molecular formula is C13H18ClNO2S. The third-order valence-electron chi connectivity index (χ3n) is 2.08. The van der Waals surface area contributed by atoms with Crippen LogP contribution in [0, 0.1) is 0 Å². The largest absolute Gasteiger partial charge is 0.444 e. The lowest BCUT2D eigenvalue weighted by Gasteiger charge is -2.19. The van der Waals surface area contributed by atoms with Gasteiger partial charge in [0.25, 0.3) is 0 Å². The summed E-state index contributed by atoms with van der Waals surface area (Å²) in [6, 6.07) is 5.39. The van der Waals surface area contributed by atoms with E-state index in [1.165, 1.54) is 0 Å². The van der Waals surface area contributed by atoms with Crippen LogP contribution in [-0.4, -0.2) is 17.4 Å². The molecule has 100 valence electrons. The molecule has 1 N–H and O–H groups in total. The highest BCUT2D eigenvalue weighted by molar-refractivity contribution is 7.80. The second-order valence-corrected chi connectivity index (χ2v) is 5.76. The van der Waals surface area contributed by atoms with Gasteiger partial charge < -0.3 is 4.74 Å². The van der Waals surface area contributed by atoms with E-state index < -0.39 is 11.7 Å². The minimum Gasteiger partial charge on any atom is -0.444 e. The van der Waals surface area contributed by atoms with Gasteiger partial charge in [-0.3, -0.25) is 5.32 Å². The standard InChI is InChI=1S/C13H18ClNO2S/c1-13(2,3)17-12(16)15-10-5-4-9(6-7-18)11(14)8-10/h4-5,8,18H,6-7H2,1-3H3,(H,15,16). The van der Waals surface area contributed by atoms with Gasteiger partial charge in [0.1, 0.15) is 5.60 Å². The minimum atomic E-state index is -0.514. The zero-order chi connectivity index (χ0) is 13.8. The SMILES string of the molecule is CC(C)(C)OC(=O)Nc1ccc(CCS)c(Cl)c1. The van der Waals surface area contributed by atoms with Crippen LogP contribution in [0.3, 0.4) is 0 Å². The Labute approximate surface area is 118 Å². The van der Waals surface area contributed by atoms with Gasteiger partial charge in [-0.15, -0.1) is 0 Å². The molecule has 0 spiro atoms. The molecule has 0 radical (unpaired) electrons. The number of ether oxygens (including phenoxy) is 1. The summed E-state index contributed by atoms with van der Waals surface area (Å²) in [5.74, 6) is 0.735. The Morgan fingerprint density at radius 3 is 2.61 bits per heavy atom. The van der Waals surface area contributed by atoms with Crippen molar-refractivity contribution in [1.82, 2.24) is 0 Å². The Morgan fingerprint density at radius 1 is 1.44 bits per heavy atom. The van der Waals surface area contributed by atoms with Crippen LogP contribution in [0.15, 0.2) is 18.2 Å². The molecule has 0 saturated carbocycles. The van der Waals surface area contributed by atoms with Gasteiger partial charge in [-0.1, -0.05) is 17.7 Å². The van der Waals surface area contributed by atoms with Gasteiger partial charge in [-0.25, -0.2) is 4.79 Å². The molecule has 1 aromatic carbocycles. The van der Waals surface area contributed by atoms with E-state index >= 15 is 0 Å². The number of benzene rings is 1. The molecule has 1 amide bonds. The Bertz CT molecular complexity index is 429. The molecule has 0 aliphatic heterocycles. The van der Waals surface area contributed by atoms with E-state index in [1.54, 1.807) is 12.1 Å². The summed E-state index contributed by atoms with van der Waals surface area (Å²) >= 11 is 10.3. The average Bonchev–Trinajstić information content (AvgIpc) is 2.19. The predicted molar refractivity (Wildman–Crippen MR) is 78.9 cm³/mol. The number of thiol groups is 1. The lowest BCUT2D eigenvalue weighted by molar-refractivity contribution is 0.0636. The average molecular weight is 288 g/mol. The fraction of sp³-hybridized carbons (Fsp3) is 0.462. The summed E-state index contributed by atoms with van der Waals surface area (Å²) in [5.41, 5.74) is 1.12. The summed E-state index contributed by atoms with van der Waals surface area (Å²) < 4.78 is 5.15. The fourth-order valence-corrected chi connectivity index (χ4v) is 1.89. The van der Waals surface area contributed by atoms with Gasteiger partial charge in [-0.2, -0.15) is 12.6 Å². The Morgan fingerprint density at radius 2 is 2.11 bits per heavy atom. The number of hydrogen-bond acceptors (Lipinski definition) is 3. The van der Waals surface area contributed by atoms with Crippen LogP contribution < -0.4 is 5.32 Å². The van der Waals surface area contributed by atoms with Crippen molar-refractivity contribution in [3.05, 3.63) is 28.8 Å². The van der Waals surface area contributed by atoms with Crippen molar-refractivity contribution in [2.24, 2.45) is 0 Å². The van der Waals surface area contributed by atoms with Crippen LogP contribution in [0.5, 0.6) is 0 Å². The number of aryl methyl sites for hydroxylation is 1. The maximum Gasteiger partial charge on any atom is 0.412 e. The quantitative estimate of drug-likeness (QED) is 0.819. The van der Waals surface area contributed by atoms with Crippen molar-refractivity contribution in [3.8, 4) is 0 Å². The van der Waals surface area contributed by atoms with Crippen LogP contribution in [0.4, 0.5) is 10.5 Å². The lowest BCUT2D eigenvalue weighted by atomic mass is 10.1. The molecule has 0 aliphatic carbocycles. The molecule has 0 fully saturated rings. The number of nitrogens with one attached hydrogen (secondary N) is 1. The molecule has 5 heteroatoms. The second-order valence-electron chi connectivity index (χ2n) is 4.91. The molecule has 18 heavy (non-hydrogen) atoms. The number of hydrogen-bond donors (Lipinski definition) is 2. The second kappa shape index (κ2) is 6.34. The monoisotopic (exact) mass is 287 g/mol. The number of carbonyl (C=O) groups excluding carboxylic acids is 1. The first kappa shape index (κ1) is 15.2. The summed E-state index contributed by atoms with van der Waals surface area (Å²) in [6.07, 6.45) is 0.315. The van der Waals surface area contributed by atoms with Gasteiger partial charge in [0.15, 0.2) is 0 Å². The van der Waals surface area contributed by atoms with Crippen molar-refractivity contribution >= 4 is 36.0 Å². The van der Waals surface area contributed by atoms with Gasteiger partial charge >= 0.3 is 6.09 Å². The molecule has 0 aromatic heterocycles. The van der Waals surface area contributed by atoms with E-state index in [-0.39, 0.29) is 0 Å². The summed E-state index contributed by atoms with van der Waals surface area (Å²) in [5, 5.41) is 3.27. The topological polar surface area (TPSA) is 38.3 Å². The predicted octanol–water partition coefficient (Wildman–Crippen LogP) is 4.16. The highest BCUT2D eigenvalue weighted by Crippen LogP contribution is 2.22.